The van der Waals surface area contributed by atoms with E-state index >= 15 is 0 Å². The molecule has 6 nitrogen and oxygen atoms in total. The van der Waals surface area contributed by atoms with Gasteiger partial charge in [-0.1, -0.05) is 13.2 Å². The molecule has 0 aromatic carbocycles. The van der Waals surface area contributed by atoms with Gasteiger partial charge in [0.05, 0.1) is 0 Å². The summed E-state index contributed by atoms with van der Waals surface area (Å²) < 4.78 is 0. The van der Waals surface area contributed by atoms with Crippen molar-refractivity contribution >= 4 is 11.8 Å². The molecule has 0 spiro atoms. The molecule has 6 heteroatoms. The van der Waals surface area contributed by atoms with Gasteiger partial charge >= 0.3 is 0 Å². The van der Waals surface area contributed by atoms with Gasteiger partial charge in [-0.15, -0.1) is 0 Å². The van der Waals surface area contributed by atoms with Crippen LogP contribution in [0.5, 0.6) is 0 Å². The molecule has 0 heterocycles. The van der Waals surface area contributed by atoms with Crippen LogP contribution in [-0.2, 0) is 9.59 Å². The summed E-state index contributed by atoms with van der Waals surface area (Å²) in [6, 6.07) is 0.847. The molecule has 4 unspecified atom stereocenters. The number of hydrogen-bond acceptors (Lipinski definition) is 4. The smallest absolute Gasteiger partial charge is 0.243 e. The van der Waals surface area contributed by atoms with Crippen molar-refractivity contribution < 1.29 is 9.59 Å². The number of hydrogen-bond donors (Lipinski definition) is 4. The predicted molar refractivity (Wildman–Crippen MR) is 87.9 cm³/mol. The third kappa shape index (κ3) is 6.41. The Kier molecular flexibility index (Phi) is 7.84. The zero-order chi connectivity index (χ0) is 16.5. The fraction of sp³-hybridized carbons (Fsp3) is 0.625. The standard InChI is InChI=1S/2C8H14N2O/c1-2-8(11)10-7-4-3-6(9)5-7;1-2-8(11)10-7-5-3-4-6(7)9/h2*2,6-7H,1,3-5,9H2,(H,10,11). The van der Waals surface area contributed by atoms with Gasteiger partial charge in [-0.05, 0) is 50.7 Å². The minimum absolute atomic E-state index is 0.0934. The molecule has 0 aromatic rings. The lowest BCUT2D eigenvalue weighted by Gasteiger charge is -2.15. The molecule has 4 atom stereocenters. The average molecular weight is 308 g/mol. The van der Waals surface area contributed by atoms with Gasteiger partial charge in [0, 0.05) is 24.2 Å². The van der Waals surface area contributed by atoms with E-state index in [0.29, 0.717) is 0 Å². The van der Waals surface area contributed by atoms with E-state index in [-0.39, 0.29) is 36.0 Å². The lowest BCUT2D eigenvalue weighted by molar-refractivity contribution is -0.118. The number of rotatable bonds is 4. The molecule has 124 valence electrons. The van der Waals surface area contributed by atoms with E-state index in [0.717, 1.165) is 38.5 Å². The summed E-state index contributed by atoms with van der Waals surface area (Å²) in [5, 5.41) is 5.62. The van der Waals surface area contributed by atoms with Gasteiger partial charge in [0.2, 0.25) is 11.8 Å². The first-order valence-corrected chi connectivity index (χ1v) is 7.83. The summed E-state index contributed by atoms with van der Waals surface area (Å²) in [6.45, 7) is 6.75. The normalized spacial score (nSPS) is 29.9. The second-order valence-electron chi connectivity index (χ2n) is 5.90. The molecular weight excluding hydrogens is 280 g/mol. The van der Waals surface area contributed by atoms with Crippen molar-refractivity contribution in [1.82, 2.24) is 10.6 Å². The highest BCUT2D eigenvalue weighted by atomic mass is 16.2. The minimum Gasteiger partial charge on any atom is -0.350 e. The lowest BCUT2D eigenvalue weighted by Crippen LogP contribution is -2.43. The van der Waals surface area contributed by atoms with Crippen molar-refractivity contribution in [3.05, 3.63) is 25.3 Å². The summed E-state index contributed by atoms with van der Waals surface area (Å²) in [7, 11) is 0. The molecule has 2 saturated carbocycles. The Hall–Kier alpha value is -1.66. The summed E-state index contributed by atoms with van der Waals surface area (Å²) >= 11 is 0. The van der Waals surface area contributed by atoms with Crippen molar-refractivity contribution in [1.29, 1.82) is 0 Å². The molecule has 0 radical (unpaired) electrons. The van der Waals surface area contributed by atoms with Crippen LogP contribution in [0.4, 0.5) is 0 Å². The molecule has 0 bridgehead atoms. The van der Waals surface area contributed by atoms with Crippen LogP contribution in [0.25, 0.3) is 0 Å². The Bertz CT molecular complexity index is 411. The SMILES string of the molecule is C=CC(=O)NC1CCC(N)C1.C=CC(=O)NC1CCCC1N. The Morgan fingerprint density at radius 1 is 0.955 bits per heavy atom. The van der Waals surface area contributed by atoms with Gasteiger partial charge in [0.25, 0.3) is 0 Å². The topological polar surface area (TPSA) is 110 Å². The van der Waals surface area contributed by atoms with Gasteiger partial charge in [-0.2, -0.15) is 0 Å². The van der Waals surface area contributed by atoms with Crippen molar-refractivity contribution in [2.24, 2.45) is 11.5 Å². The van der Waals surface area contributed by atoms with Crippen LogP contribution in [0.15, 0.2) is 25.3 Å². The van der Waals surface area contributed by atoms with E-state index in [1.807, 2.05) is 0 Å². The van der Waals surface area contributed by atoms with Crippen molar-refractivity contribution in [3.8, 4) is 0 Å². The van der Waals surface area contributed by atoms with Gasteiger partial charge in [-0.25, -0.2) is 0 Å². The molecule has 2 aliphatic carbocycles. The van der Waals surface area contributed by atoms with Crippen LogP contribution in [-0.4, -0.2) is 36.0 Å². The monoisotopic (exact) mass is 308 g/mol. The molecule has 0 aliphatic heterocycles. The number of amides is 2. The first-order chi connectivity index (χ1) is 10.5. The Morgan fingerprint density at radius 2 is 1.59 bits per heavy atom. The molecule has 0 saturated heterocycles. The van der Waals surface area contributed by atoms with Crippen LogP contribution in [0.2, 0.25) is 0 Å². The minimum atomic E-state index is -0.118. The van der Waals surface area contributed by atoms with Gasteiger partial charge in [0.15, 0.2) is 0 Å². The van der Waals surface area contributed by atoms with E-state index in [2.05, 4.69) is 23.8 Å². The van der Waals surface area contributed by atoms with E-state index < -0.39 is 0 Å². The largest absolute Gasteiger partial charge is 0.350 e. The third-order valence-electron chi connectivity index (χ3n) is 4.09. The lowest BCUT2D eigenvalue weighted by atomic mass is 10.2. The van der Waals surface area contributed by atoms with Crippen molar-refractivity contribution in [3.63, 3.8) is 0 Å². The highest BCUT2D eigenvalue weighted by Gasteiger charge is 2.24. The number of nitrogens with two attached hydrogens (primary N) is 2. The zero-order valence-corrected chi connectivity index (χ0v) is 13.1. The Balaban J connectivity index is 0.000000220. The fourth-order valence-corrected chi connectivity index (χ4v) is 2.82. The molecular formula is C16H28N4O2. The average Bonchev–Trinajstić information content (AvgIpc) is 3.08. The second kappa shape index (κ2) is 9.38. The molecule has 2 aliphatic rings. The highest BCUT2D eigenvalue weighted by Crippen LogP contribution is 2.17. The van der Waals surface area contributed by atoms with Crippen LogP contribution in [0.3, 0.4) is 0 Å². The number of carbonyl (C=O) groups is 2. The molecule has 22 heavy (non-hydrogen) atoms. The Labute approximate surface area is 132 Å². The maximum absolute atomic E-state index is 10.8. The fourth-order valence-electron chi connectivity index (χ4n) is 2.82. The van der Waals surface area contributed by atoms with Crippen LogP contribution in [0, 0.1) is 0 Å². The molecule has 0 aromatic heterocycles. The second-order valence-corrected chi connectivity index (χ2v) is 5.90. The maximum Gasteiger partial charge on any atom is 0.243 e. The van der Waals surface area contributed by atoms with Crippen LogP contribution in [0.1, 0.15) is 38.5 Å². The van der Waals surface area contributed by atoms with E-state index in [1.165, 1.54) is 12.2 Å². The van der Waals surface area contributed by atoms with Crippen molar-refractivity contribution in [2.75, 3.05) is 0 Å². The molecule has 6 N–H and O–H groups in total. The molecule has 2 fully saturated rings. The van der Waals surface area contributed by atoms with E-state index in [1.54, 1.807) is 0 Å². The first kappa shape index (κ1) is 18.4. The molecule has 2 amide bonds. The van der Waals surface area contributed by atoms with Crippen LogP contribution < -0.4 is 22.1 Å². The van der Waals surface area contributed by atoms with Crippen LogP contribution >= 0.6 is 0 Å². The van der Waals surface area contributed by atoms with Gasteiger partial charge in [-0.3, -0.25) is 9.59 Å². The van der Waals surface area contributed by atoms with E-state index in [4.69, 9.17) is 11.5 Å². The number of carbonyl (C=O) groups excluding carboxylic acids is 2. The zero-order valence-electron chi connectivity index (χ0n) is 13.1. The summed E-state index contributed by atoms with van der Waals surface area (Å²) in [5.41, 5.74) is 11.4. The summed E-state index contributed by atoms with van der Waals surface area (Å²) in [5.74, 6) is -0.212. The number of nitrogens with one attached hydrogen (secondary N) is 2. The van der Waals surface area contributed by atoms with E-state index in [9.17, 15) is 9.59 Å². The molecule has 2 rings (SSSR count). The van der Waals surface area contributed by atoms with Crippen molar-refractivity contribution in [2.45, 2.75) is 62.7 Å². The summed E-state index contributed by atoms with van der Waals surface area (Å²) in [6.07, 6.45) is 8.63. The Morgan fingerprint density at radius 3 is 2.05 bits per heavy atom. The maximum atomic E-state index is 10.8. The van der Waals surface area contributed by atoms with Gasteiger partial charge in [0.1, 0.15) is 0 Å². The quantitative estimate of drug-likeness (QED) is 0.561. The first-order valence-electron chi connectivity index (χ1n) is 7.83. The predicted octanol–water partition coefficient (Wildman–Crippen LogP) is 0.337. The third-order valence-corrected chi connectivity index (χ3v) is 4.09. The summed E-state index contributed by atoms with van der Waals surface area (Å²) in [4.78, 5) is 21.6. The highest BCUT2D eigenvalue weighted by molar-refractivity contribution is 5.87. The van der Waals surface area contributed by atoms with Gasteiger partial charge < -0.3 is 22.1 Å².